The molecule has 0 saturated heterocycles. The average molecular weight is 230 g/mol. The second-order valence-corrected chi connectivity index (χ2v) is 3.34. The molecule has 0 fully saturated rings. The molecule has 1 rings (SSSR count). The van der Waals surface area contributed by atoms with Crippen molar-refractivity contribution in [1.29, 1.82) is 0 Å². The summed E-state index contributed by atoms with van der Waals surface area (Å²) in [5.74, 6) is -0.840. The Morgan fingerprint density at radius 1 is 1.75 bits per heavy atom. The van der Waals surface area contributed by atoms with Gasteiger partial charge in [-0.05, 0) is 34.5 Å². The molecule has 0 aromatic carbocycles. The van der Waals surface area contributed by atoms with E-state index in [9.17, 15) is 4.79 Å². The van der Waals surface area contributed by atoms with Crippen LogP contribution in [0.3, 0.4) is 0 Å². The number of rotatable bonds is 2. The van der Waals surface area contributed by atoms with Gasteiger partial charge in [-0.1, -0.05) is 0 Å². The molecular formula is C8H8BrNO2. The normalized spacial score (nSPS) is 9.83. The zero-order valence-electron chi connectivity index (χ0n) is 6.54. The molecule has 1 aromatic rings. The highest BCUT2D eigenvalue weighted by molar-refractivity contribution is 9.10. The van der Waals surface area contributed by atoms with Crippen molar-refractivity contribution >= 4 is 21.9 Å². The molecule has 3 nitrogen and oxygen atoms in total. The molecular weight excluding hydrogens is 222 g/mol. The number of pyridine rings is 1. The summed E-state index contributed by atoms with van der Waals surface area (Å²) in [6, 6.07) is 1.77. The van der Waals surface area contributed by atoms with Crippen LogP contribution < -0.4 is 0 Å². The summed E-state index contributed by atoms with van der Waals surface area (Å²) in [4.78, 5) is 14.3. The van der Waals surface area contributed by atoms with E-state index in [1.165, 1.54) is 0 Å². The van der Waals surface area contributed by atoms with Crippen molar-refractivity contribution in [2.45, 2.75) is 13.3 Å². The Bertz CT molecular complexity index is 312. The van der Waals surface area contributed by atoms with Gasteiger partial charge in [-0.3, -0.25) is 9.78 Å². The molecule has 0 radical (unpaired) electrons. The molecule has 1 N–H and O–H groups in total. The van der Waals surface area contributed by atoms with E-state index in [0.29, 0.717) is 5.56 Å². The highest BCUT2D eigenvalue weighted by atomic mass is 79.9. The van der Waals surface area contributed by atoms with Crippen LogP contribution in [0.2, 0.25) is 0 Å². The van der Waals surface area contributed by atoms with E-state index < -0.39 is 5.97 Å². The molecule has 0 aliphatic heterocycles. The molecule has 0 amide bonds. The molecule has 0 aliphatic rings. The smallest absolute Gasteiger partial charge is 0.307 e. The van der Waals surface area contributed by atoms with Crippen LogP contribution in [0.4, 0.5) is 0 Å². The summed E-state index contributed by atoms with van der Waals surface area (Å²) in [5, 5.41) is 8.48. The van der Waals surface area contributed by atoms with E-state index >= 15 is 0 Å². The second kappa shape index (κ2) is 3.67. The molecule has 1 heterocycles. The minimum absolute atomic E-state index is 0.0197. The number of hydrogen-bond donors (Lipinski definition) is 1. The van der Waals surface area contributed by atoms with Gasteiger partial charge in [0.25, 0.3) is 0 Å². The van der Waals surface area contributed by atoms with Gasteiger partial charge in [0.15, 0.2) is 0 Å². The number of halogens is 1. The Kier molecular flexibility index (Phi) is 2.81. The predicted octanol–water partition coefficient (Wildman–Crippen LogP) is 1.78. The first kappa shape index (κ1) is 9.19. The Hall–Kier alpha value is -0.900. The lowest BCUT2D eigenvalue weighted by atomic mass is 10.2. The van der Waals surface area contributed by atoms with Crippen LogP contribution in [0.25, 0.3) is 0 Å². The van der Waals surface area contributed by atoms with Crippen LogP contribution in [-0.4, -0.2) is 16.1 Å². The van der Waals surface area contributed by atoms with Crippen LogP contribution in [0, 0.1) is 6.92 Å². The van der Waals surface area contributed by atoms with Crippen LogP contribution >= 0.6 is 15.9 Å². The quantitative estimate of drug-likeness (QED) is 0.842. The lowest BCUT2D eigenvalue weighted by Gasteiger charge is -1.99. The fourth-order valence-corrected chi connectivity index (χ4v) is 1.21. The molecule has 0 aliphatic carbocycles. The third-order valence-electron chi connectivity index (χ3n) is 1.44. The molecule has 1 aromatic heterocycles. The number of hydrogen-bond acceptors (Lipinski definition) is 2. The first-order valence-electron chi connectivity index (χ1n) is 3.42. The van der Waals surface area contributed by atoms with Crippen LogP contribution in [0.1, 0.15) is 11.3 Å². The number of aryl methyl sites for hydroxylation is 1. The molecule has 0 atom stereocenters. The van der Waals surface area contributed by atoms with Crippen molar-refractivity contribution in [3.63, 3.8) is 0 Å². The number of aromatic nitrogens is 1. The predicted molar refractivity (Wildman–Crippen MR) is 48.0 cm³/mol. The van der Waals surface area contributed by atoms with Crippen LogP contribution in [-0.2, 0) is 11.2 Å². The van der Waals surface area contributed by atoms with E-state index in [4.69, 9.17) is 5.11 Å². The standard InChI is InChI=1S/C8H8BrNO2/c1-5-7(9)2-6(4-10-5)3-8(11)12/h2,4H,3H2,1H3,(H,11,12). The van der Waals surface area contributed by atoms with Gasteiger partial charge in [-0.2, -0.15) is 0 Å². The van der Waals surface area contributed by atoms with Gasteiger partial charge in [-0.15, -0.1) is 0 Å². The summed E-state index contributed by atoms with van der Waals surface area (Å²) in [7, 11) is 0. The van der Waals surface area contributed by atoms with E-state index in [1.54, 1.807) is 12.3 Å². The largest absolute Gasteiger partial charge is 0.481 e. The fraction of sp³-hybridized carbons (Fsp3) is 0.250. The van der Waals surface area contributed by atoms with E-state index in [0.717, 1.165) is 10.2 Å². The molecule has 0 unspecified atom stereocenters. The van der Waals surface area contributed by atoms with Gasteiger partial charge in [0, 0.05) is 10.7 Å². The fourth-order valence-electron chi connectivity index (χ4n) is 0.817. The Morgan fingerprint density at radius 3 is 2.92 bits per heavy atom. The molecule has 12 heavy (non-hydrogen) atoms. The number of nitrogens with zero attached hydrogens (tertiary/aromatic N) is 1. The third kappa shape index (κ3) is 2.30. The minimum Gasteiger partial charge on any atom is -0.481 e. The van der Waals surface area contributed by atoms with Gasteiger partial charge in [0.2, 0.25) is 0 Å². The Morgan fingerprint density at radius 2 is 2.42 bits per heavy atom. The molecule has 0 saturated carbocycles. The highest BCUT2D eigenvalue weighted by Crippen LogP contribution is 2.14. The van der Waals surface area contributed by atoms with Crippen molar-refractivity contribution in [3.05, 3.63) is 28.0 Å². The minimum atomic E-state index is -0.840. The summed E-state index contributed by atoms with van der Waals surface area (Å²) in [5.41, 5.74) is 1.57. The summed E-state index contributed by atoms with van der Waals surface area (Å²) >= 11 is 3.28. The lowest BCUT2D eigenvalue weighted by Crippen LogP contribution is -2.00. The summed E-state index contributed by atoms with van der Waals surface area (Å²) < 4.78 is 0.848. The maximum absolute atomic E-state index is 10.3. The molecule has 4 heteroatoms. The molecule has 64 valence electrons. The van der Waals surface area contributed by atoms with Crippen LogP contribution in [0.5, 0.6) is 0 Å². The van der Waals surface area contributed by atoms with Crippen molar-refractivity contribution in [3.8, 4) is 0 Å². The van der Waals surface area contributed by atoms with Crippen LogP contribution in [0.15, 0.2) is 16.7 Å². The maximum Gasteiger partial charge on any atom is 0.307 e. The summed E-state index contributed by atoms with van der Waals surface area (Å²) in [6.07, 6.45) is 1.60. The Labute approximate surface area is 78.6 Å². The highest BCUT2D eigenvalue weighted by Gasteiger charge is 2.02. The third-order valence-corrected chi connectivity index (χ3v) is 2.24. The number of aliphatic carboxylic acids is 1. The topological polar surface area (TPSA) is 50.2 Å². The van der Waals surface area contributed by atoms with Gasteiger partial charge in [0.1, 0.15) is 0 Å². The van der Waals surface area contributed by atoms with E-state index in [1.807, 2.05) is 6.92 Å². The van der Waals surface area contributed by atoms with Gasteiger partial charge in [0.05, 0.1) is 12.1 Å². The van der Waals surface area contributed by atoms with Crippen molar-refractivity contribution < 1.29 is 9.90 Å². The van der Waals surface area contributed by atoms with Crippen molar-refractivity contribution in [2.75, 3.05) is 0 Å². The van der Waals surface area contributed by atoms with Crippen molar-refractivity contribution in [2.24, 2.45) is 0 Å². The van der Waals surface area contributed by atoms with E-state index in [-0.39, 0.29) is 6.42 Å². The van der Waals surface area contributed by atoms with Gasteiger partial charge in [-0.25, -0.2) is 0 Å². The van der Waals surface area contributed by atoms with Gasteiger partial charge < -0.3 is 5.11 Å². The zero-order valence-corrected chi connectivity index (χ0v) is 8.13. The SMILES string of the molecule is Cc1ncc(CC(=O)O)cc1Br. The average Bonchev–Trinajstić information content (AvgIpc) is 1.96. The molecule has 0 bridgehead atoms. The first-order valence-corrected chi connectivity index (χ1v) is 4.21. The zero-order chi connectivity index (χ0) is 9.14. The monoisotopic (exact) mass is 229 g/mol. The number of carbonyl (C=O) groups is 1. The first-order chi connectivity index (χ1) is 5.59. The summed E-state index contributed by atoms with van der Waals surface area (Å²) in [6.45, 7) is 1.86. The second-order valence-electron chi connectivity index (χ2n) is 2.48. The van der Waals surface area contributed by atoms with Crippen molar-refractivity contribution in [1.82, 2.24) is 4.98 Å². The lowest BCUT2D eigenvalue weighted by molar-refractivity contribution is -0.136. The van der Waals surface area contributed by atoms with Gasteiger partial charge >= 0.3 is 5.97 Å². The number of carboxylic acid groups (broad SMARTS) is 1. The number of carboxylic acids is 1. The maximum atomic E-state index is 10.3. The molecule has 0 spiro atoms. The Balaban J connectivity index is 2.89. The van der Waals surface area contributed by atoms with E-state index in [2.05, 4.69) is 20.9 Å².